The van der Waals surface area contributed by atoms with Crippen molar-refractivity contribution in [1.29, 1.82) is 0 Å². The summed E-state index contributed by atoms with van der Waals surface area (Å²) in [4.78, 5) is 29.4. The fraction of sp³-hybridized carbons (Fsp3) is 0.485. The molecule has 206 valence electrons. The van der Waals surface area contributed by atoms with Gasteiger partial charge in [-0.15, -0.1) is 0 Å². The largest absolute Gasteiger partial charge is 0.353 e. The molecule has 0 bridgehead atoms. The second-order valence-corrected chi connectivity index (χ2v) is 11.1. The molecule has 1 unspecified atom stereocenters. The van der Waals surface area contributed by atoms with Crippen LogP contribution in [0, 0.1) is 6.92 Å². The average molecular weight is 526 g/mol. The Kier molecular flexibility index (Phi) is 8.31. The standard InChI is InChI=1S/C33H43N5O/c1-6-25-13-10-14-26(7-2)31(25)32-34-23(3)29(33(35-32)38-20-18-37(19-21-38)24(4)39)22-36(5)30-17-11-15-27-12-8-9-16-28(27)30/h8-10,12-14,16,30H,6-7,11,15,17-22H2,1-5H3. The fourth-order valence-electron chi connectivity index (χ4n) is 6.45. The molecule has 39 heavy (non-hydrogen) atoms. The van der Waals surface area contributed by atoms with Crippen LogP contribution in [0.1, 0.15) is 73.2 Å². The molecule has 3 aromatic rings. The van der Waals surface area contributed by atoms with Crippen LogP contribution < -0.4 is 4.90 Å². The molecular weight excluding hydrogens is 482 g/mol. The van der Waals surface area contributed by atoms with Gasteiger partial charge in [-0.2, -0.15) is 0 Å². The van der Waals surface area contributed by atoms with E-state index in [9.17, 15) is 4.79 Å². The number of anilines is 1. The van der Waals surface area contributed by atoms with Gasteiger partial charge in [-0.3, -0.25) is 9.69 Å². The van der Waals surface area contributed by atoms with E-state index >= 15 is 0 Å². The van der Waals surface area contributed by atoms with Gasteiger partial charge in [0.15, 0.2) is 5.82 Å². The molecule has 1 fully saturated rings. The van der Waals surface area contributed by atoms with Gasteiger partial charge >= 0.3 is 0 Å². The van der Waals surface area contributed by atoms with Crippen LogP contribution >= 0.6 is 0 Å². The number of carbonyl (C=O) groups excluding carboxylic acids is 1. The third-order valence-corrected chi connectivity index (χ3v) is 8.72. The number of aryl methyl sites for hydroxylation is 4. The lowest BCUT2D eigenvalue weighted by Crippen LogP contribution is -2.48. The molecule has 6 heteroatoms. The fourth-order valence-corrected chi connectivity index (χ4v) is 6.45. The summed E-state index contributed by atoms with van der Waals surface area (Å²) in [6.45, 7) is 12.1. The Balaban J connectivity index is 1.55. The van der Waals surface area contributed by atoms with E-state index in [1.165, 1.54) is 52.6 Å². The van der Waals surface area contributed by atoms with E-state index in [0.717, 1.165) is 62.9 Å². The molecule has 1 aliphatic heterocycles. The highest BCUT2D eigenvalue weighted by atomic mass is 16.2. The molecular formula is C33H43N5O. The number of hydrogen-bond acceptors (Lipinski definition) is 5. The Morgan fingerprint density at radius 2 is 1.67 bits per heavy atom. The van der Waals surface area contributed by atoms with Crippen LogP contribution in [-0.4, -0.2) is 58.9 Å². The zero-order valence-corrected chi connectivity index (χ0v) is 24.3. The molecule has 1 aromatic heterocycles. The number of aromatic nitrogens is 2. The van der Waals surface area contributed by atoms with E-state index in [0.29, 0.717) is 6.04 Å². The number of fused-ring (bicyclic) bond motifs is 1. The van der Waals surface area contributed by atoms with Crippen LogP contribution in [0.3, 0.4) is 0 Å². The highest BCUT2D eigenvalue weighted by Gasteiger charge is 2.28. The van der Waals surface area contributed by atoms with Crippen molar-refractivity contribution in [3.05, 3.63) is 76.0 Å². The number of rotatable bonds is 7. The molecule has 6 nitrogen and oxygen atoms in total. The minimum Gasteiger partial charge on any atom is -0.353 e. The number of carbonyl (C=O) groups is 1. The van der Waals surface area contributed by atoms with Crippen molar-refractivity contribution in [2.45, 2.75) is 72.4 Å². The first-order valence-electron chi connectivity index (χ1n) is 14.7. The Morgan fingerprint density at radius 1 is 0.974 bits per heavy atom. The highest BCUT2D eigenvalue weighted by molar-refractivity contribution is 5.73. The predicted molar refractivity (Wildman–Crippen MR) is 159 cm³/mol. The number of benzene rings is 2. The highest BCUT2D eigenvalue weighted by Crippen LogP contribution is 2.36. The molecule has 2 heterocycles. The maximum Gasteiger partial charge on any atom is 0.219 e. The first-order chi connectivity index (χ1) is 18.9. The Labute approximate surface area is 234 Å². The summed E-state index contributed by atoms with van der Waals surface area (Å²) in [6, 6.07) is 15.9. The van der Waals surface area contributed by atoms with Crippen LogP contribution in [0.4, 0.5) is 5.82 Å². The molecule has 2 aliphatic rings. The summed E-state index contributed by atoms with van der Waals surface area (Å²) >= 11 is 0. The zero-order chi connectivity index (χ0) is 27.5. The van der Waals surface area contributed by atoms with Gasteiger partial charge in [-0.05, 0) is 68.3 Å². The van der Waals surface area contributed by atoms with Gasteiger partial charge in [0.1, 0.15) is 5.82 Å². The SMILES string of the molecule is CCc1cccc(CC)c1-c1nc(C)c(CN(C)C2CCCc3ccccc32)c(N2CCN(C(C)=O)CC2)n1. The molecule has 0 radical (unpaired) electrons. The summed E-state index contributed by atoms with van der Waals surface area (Å²) in [5.41, 5.74) is 8.97. The first-order valence-corrected chi connectivity index (χ1v) is 14.7. The molecule has 0 spiro atoms. The van der Waals surface area contributed by atoms with Gasteiger partial charge in [-0.1, -0.05) is 56.3 Å². The maximum absolute atomic E-state index is 12.0. The van der Waals surface area contributed by atoms with Gasteiger partial charge in [0.2, 0.25) is 5.91 Å². The minimum atomic E-state index is 0.148. The number of hydrogen-bond donors (Lipinski definition) is 0. The first kappa shape index (κ1) is 27.3. The van der Waals surface area contributed by atoms with Gasteiger partial charge in [0, 0.05) is 62.5 Å². The van der Waals surface area contributed by atoms with Gasteiger partial charge < -0.3 is 9.80 Å². The summed E-state index contributed by atoms with van der Waals surface area (Å²) in [7, 11) is 2.25. The molecule has 1 aliphatic carbocycles. The van der Waals surface area contributed by atoms with Crippen LogP contribution in [0.2, 0.25) is 0 Å². The van der Waals surface area contributed by atoms with E-state index in [2.05, 4.69) is 80.1 Å². The monoisotopic (exact) mass is 525 g/mol. The molecule has 2 aromatic carbocycles. The van der Waals surface area contributed by atoms with Gasteiger partial charge in [0.05, 0.1) is 0 Å². The van der Waals surface area contributed by atoms with E-state index in [4.69, 9.17) is 9.97 Å². The average Bonchev–Trinajstić information content (AvgIpc) is 2.97. The van der Waals surface area contributed by atoms with Crippen molar-refractivity contribution in [3.8, 4) is 11.4 Å². The normalized spacial score (nSPS) is 17.4. The van der Waals surface area contributed by atoms with Gasteiger partial charge in [0.25, 0.3) is 0 Å². The third kappa shape index (κ3) is 5.58. The molecule has 1 atom stereocenters. The van der Waals surface area contributed by atoms with Crippen molar-refractivity contribution in [2.24, 2.45) is 0 Å². The summed E-state index contributed by atoms with van der Waals surface area (Å²) in [6.07, 6.45) is 5.45. The molecule has 1 saturated heterocycles. The Morgan fingerprint density at radius 3 is 2.33 bits per heavy atom. The molecule has 0 saturated carbocycles. The second-order valence-electron chi connectivity index (χ2n) is 11.1. The van der Waals surface area contributed by atoms with E-state index in [1.807, 2.05) is 4.90 Å². The smallest absolute Gasteiger partial charge is 0.219 e. The van der Waals surface area contributed by atoms with Crippen LogP contribution in [-0.2, 0) is 30.6 Å². The molecule has 0 N–H and O–H groups in total. The molecule has 1 amide bonds. The van der Waals surface area contributed by atoms with Crippen LogP contribution in [0.5, 0.6) is 0 Å². The van der Waals surface area contributed by atoms with Crippen LogP contribution in [0.15, 0.2) is 42.5 Å². The van der Waals surface area contributed by atoms with Crippen molar-refractivity contribution in [3.63, 3.8) is 0 Å². The molecule has 5 rings (SSSR count). The lowest BCUT2D eigenvalue weighted by atomic mass is 9.87. The van der Waals surface area contributed by atoms with E-state index < -0.39 is 0 Å². The van der Waals surface area contributed by atoms with E-state index in [-0.39, 0.29) is 5.91 Å². The van der Waals surface area contributed by atoms with Crippen molar-refractivity contribution in [2.75, 3.05) is 38.1 Å². The predicted octanol–water partition coefficient (Wildman–Crippen LogP) is 5.75. The zero-order valence-electron chi connectivity index (χ0n) is 24.3. The number of amides is 1. The Bertz CT molecular complexity index is 1310. The van der Waals surface area contributed by atoms with E-state index in [1.54, 1.807) is 6.92 Å². The van der Waals surface area contributed by atoms with Crippen molar-refractivity contribution >= 4 is 11.7 Å². The van der Waals surface area contributed by atoms with Crippen LogP contribution in [0.25, 0.3) is 11.4 Å². The third-order valence-electron chi connectivity index (χ3n) is 8.72. The topological polar surface area (TPSA) is 52.6 Å². The summed E-state index contributed by atoms with van der Waals surface area (Å²) < 4.78 is 0. The lowest BCUT2D eigenvalue weighted by Gasteiger charge is -2.38. The van der Waals surface area contributed by atoms with Gasteiger partial charge in [-0.25, -0.2) is 9.97 Å². The maximum atomic E-state index is 12.0. The number of piperazine rings is 1. The lowest BCUT2D eigenvalue weighted by molar-refractivity contribution is -0.129. The quantitative estimate of drug-likeness (QED) is 0.393. The number of nitrogens with zero attached hydrogens (tertiary/aromatic N) is 5. The summed E-state index contributed by atoms with van der Waals surface area (Å²) in [5, 5.41) is 0. The van der Waals surface area contributed by atoms with Crippen molar-refractivity contribution < 1.29 is 4.79 Å². The minimum absolute atomic E-state index is 0.148. The second kappa shape index (κ2) is 11.9. The van der Waals surface area contributed by atoms with Crippen molar-refractivity contribution in [1.82, 2.24) is 19.8 Å². The summed E-state index contributed by atoms with van der Waals surface area (Å²) in [5.74, 6) is 2.01. The Hall–Kier alpha value is -3.25.